The summed E-state index contributed by atoms with van der Waals surface area (Å²) < 4.78 is 0. The summed E-state index contributed by atoms with van der Waals surface area (Å²) in [5.74, 6) is 0.493. The maximum Gasteiger partial charge on any atom is 0.0923 e. The average molecular weight is 250 g/mol. The first kappa shape index (κ1) is 12.0. The van der Waals surface area contributed by atoms with E-state index in [0.29, 0.717) is 5.92 Å². The fourth-order valence-electron chi connectivity index (χ4n) is 2.53. The number of benzene rings is 2. The molecular weight excluding hydrogens is 232 g/mol. The first-order chi connectivity index (χ1) is 9.34. The molecule has 0 spiro atoms. The molecule has 3 aromatic rings. The van der Waals surface area contributed by atoms with Gasteiger partial charge in [-0.25, -0.2) is 0 Å². The molecule has 3 rings (SSSR count). The third-order valence-corrected chi connectivity index (χ3v) is 3.69. The van der Waals surface area contributed by atoms with E-state index in [-0.39, 0.29) is 0 Å². The highest BCUT2D eigenvalue weighted by atomic mass is 15.1. The van der Waals surface area contributed by atoms with Crippen LogP contribution in [0.2, 0.25) is 0 Å². The third kappa shape index (κ3) is 2.53. The zero-order valence-electron chi connectivity index (χ0n) is 11.1. The van der Waals surface area contributed by atoms with Crippen LogP contribution in [0.5, 0.6) is 0 Å². The number of para-hydroxylation sites is 1. The van der Waals surface area contributed by atoms with E-state index < -0.39 is 0 Å². The topological polar surface area (TPSA) is 28.7 Å². The molecule has 2 aromatic carbocycles. The van der Waals surface area contributed by atoms with Gasteiger partial charge in [0.1, 0.15) is 0 Å². The Labute approximate surface area is 113 Å². The molecule has 2 heteroatoms. The van der Waals surface area contributed by atoms with Crippen LogP contribution in [0, 0.1) is 0 Å². The number of aromatic nitrogens is 2. The van der Waals surface area contributed by atoms with Crippen molar-refractivity contribution in [2.24, 2.45) is 0 Å². The van der Waals surface area contributed by atoms with Crippen LogP contribution in [0.4, 0.5) is 0 Å². The molecular formula is C17H18N2. The molecule has 1 N–H and O–H groups in total. The number of rotatable bonds is 4. The van der Waals surface area contributed by atoms with E-state index in [4.69, 9.17) is 0 Å². The summed E-state index contributed by atoms with van der Waals surface area (Å²) in [7, 11) is 0. The zero-order valence-corrected chi connectivity index (χ0v) is 11.1. The number of fused-ring (bicyclic) bond motifs is 1. The highest BCUT2D eigenvalue weighted by Gasteiger charge is 2.12. The number of nitrogens with one attached hydrogen (secondary N) is 1. The minimum Gasteiger partial charge on any atom is -0.281 e. The van der Waals surface area contributed by atoms with E-state index >= 15 is 0 Å². The second kappa shape index (κ2) is 5.27. The van der Waals surface area contributed by atoms with Gasteiger partial charge in [0.25, 0.3) is 0 Å². The van der Waals surface area contributed by atoms with E-state index in [1.54, 1.807) is 0 Å². The quantitative estimate of drug-likeness (QED) is 0.734. The lowest BCUT2D eigenvalue weighted by atomic mass is 9.96. The summed E-state index contributed by atoms with van der Waals surface area (Å²) in [6.07, 6.45) is 2.24. The Morgan fingerprint density at radius 1 is 1.00 bits per heavy atom. The smallest absolute Gasteiger partial charge is 0.0923 e. The molecule has 0 fully saturated rings. The maximum atomic E-state index is 4.37. The van der Waals surface area contributed by atoms with Crippen molar-refractivity contribution in [3.05, 3.63) is 65.9 Å². The van der Waals surface area contributed by atoms with Gasteiger partial charge >= 0.3 is 0 Å². The molecule has 1 heterocycles. The molecule has 1 aromatic heterocycles. The lowest BCUT2D eigenvalue weighted by Crippen LogP contribution is -1.97. The SMILES string of the molecule is CC(CCc1ccccc1)c1[nH]nc2ccccc12. The predicted molar refractivity (Wildman–Crippen MR) is 79.3 cm³/mol. The normalized spacial score (nSPS) is 12.7. The van der Waals surface area contributed by atoms with Gasteiger partial charge in [0.2, 0.25) is 0 Å². The molecule has 0 aliphatic heterocycles. The first-order valence-corrected chi connectivity index (χ1v) is 6.81. The highest BCUT2D eigenvalue weighted by molar-refractivity contribution is 5.81. The van der Waals surface area contributed by atoms with Crippen LogP contribution in [0.3, 0.4) is 0 Å². The van der Waals surface area contributed by atoms with Crippen LogP contribution in [-0.4, -0.2) is 10.2 Å². The summed E-state index contributed by atoms with van der Waals surface area (Å²) in [6, 6.07) is 19.0. The van der Waals surface area contributed by atoms with Gasteiger partial charge in [-0.3, -0.25) is 5.10 Å². The van der Waals surface area contributed by atoms with Gasteiger partial charge in [0, 0.05) is 11.1 Å². The largest absolute Gasteiger partial charge is 0.281 e. The van der Waals surface area contributed by atoms with E-state index in [1.807, 2.05) is 6.07 Å². The van der Waals surface area contributed by atoms with Gasteiger partial charge in [-0.15, -0.1) is 0 Å². The second-order valence-electron chi connectivity index (χ2n) is 5.08. The van der Waals surface area contributed by atoms with Crippen LogP contribution in [0.15, 0.2) is 54.6 Å². The van der Waals surface area contributed by atoms with Crippen molar-refractivity contribution in [3.8, 4) is 0 Å². The van der Waals surface area contributed by atoms with Gasteiger partial charge < -0.3 is 0 Å². The molecule has 0 radical (unpaired) electrons. The van der Waals surface area contributed by atoms with Crippen molar-refractivity contribution in [2.75, 3.05) is 0 Å². The monoisotopic (exact) mass is 250 g/mol. The minimum atomic E-state index is 0.493. The molecule has 0 bridgehead atoms. The Morgan fingerprint density at radius 2 is 1.74 bits per heavy atom. The maximum absolute atomic E-state index is 4.37. The Balaban J connectivity index is 1.75. The standard InChI is InChI=1S/C17H18N2/c1-13(11-12-14-7-3-2-4-8-14)17-15-9-5-6-10-16(15)18-19-17/h2-10,13H,11-12H2,1H3,(H,18,19). The zero-order chi connectivity index (χ0) is 13.1. The lowest BCUT2D eigenvalue weighted by molar-refractivity contribution is 0.662. The van der Waals surface area contributed by atoms with E-state index in [9.17, 15) is 0 Å². The number of hydrogen-bond acceptors (Lipinski definition) is 1. The molecule has 1 atom stereocenters. The van der Waals surface area contributed by atoms with Crippen LogP contribution in [0.1, 0.15) is 30.5 Å². The summed E-state index contributed by atoms with van der Waals surface area (Å²) in [6.45, 7) is 2.27. The van der Waals surface area contributed by atoms with E-state index in [1.165, 1.54) is 16.6 Å². The number of aryl methyl sites for hydroxylation is 1. The van der Waals surface area contributed by atoms with Crippen LogP contribution < -0.4 is 0 Å². The fraction of sp³-hybridized carbons (Fsp3) is 0.235. The van der Waals surface area contributed by atoms with Crippen LogP contribution in [-0.2, 0) is 6.42 Å². The van der Waals surface area contributed by atoms with Gasteiger partial charge in [0.15, 0.2) is 0 Å². The molecule has 0 amide bonds. The predicted octanol–water partition coefficient (Wildman–Crippen LogP) is 4.30. The van der Waals surface area contributed by atoms with Crippen LogP contribution >= 0.6 is 0 Å². The highest BCUT2D eigenvalue weighted by Crippen LogP contribution is 2.26. The van der Waals surface area contributed by atoms with Crippen molar-refractivity contribution < 1.29 is 0 Å². The average Bonchev–Trinajstić information content (AvgIpc) is 2.90. The molecule has 19 heavy (non-hydrogen) atoms. The molecule has 1 unspecified atom stereocenters. The molecule has 0 aliphatic rings. The number of H-pyrrole nitrogens is 1. The molecule has 0 saturated carbocycles. The second-order valence-corrected chi connectivity index (χ2v) is 5.08. The molecule has 96 valence electrons. The van der Waals surface area contributed by atoms with Crippen LogP contribution in [0.25, 0.3) is 10.9 Å². The number of hydrogen-bond donors (Lipinski definition) is 1. The van der Waals surface area contributed by atoms with Gasteiger partial charge in [-0.1, -0.05) is 55.5 Å². The lowest BCUT2D eigenvalue weighted by Gasteiger charge is -2.10. The Hall–Kier alpha value is -2.09. The van der Waals surface area contributed by atoms with Crippen molar-refractivity contribution in [2.45, 2.75) is 25.7 Å². The van der Waals surface area contributed by atoms with Crippen molar-refractivity contribution in [1.82, 2.24) is 10.2 Å². The minimum absolute atomic E-state index is 0.493. The fourth-order valence-corrected chi connectivity index (χ4v) is 2.53. The van der Waals surface area contributed by atoms with Crippen molar-refractivity contribution in [1.29, 1.82) is 0 Å². The van der Waals surface area contributed by atoms with Crippen molar-refractivity contribution >= 4 is 10.9 Å². The van der Waals surface area contributed by atoms with Crippen molar-refractivity contribution in [3.63, 3.8) is 0 Å². The summed E-state index contributed by atoms with van der Waals surface area (Å²) in [4.78, 5) is 0. The van der Waals surface area contributed by atoms with Gasteiger partial charge in [0.05, 0.1) is 5.52 Å². The first-order valence-electron chi connectivity index (χ1n) is 6.81. The Bertz CT molecular complexity index is 655. The Kier molecular flexibility index (Phi) is 3.32. The number of aromatic amines is 1. The summed E-state index contributed by atoms with van der Waals surface area (Å²) >= 11 is 0. The van der Waals surface area contributed by atoms with Gasteiger partial charge in [-0.05, 0) is 30.4 Å². The summed E-state index contributed by atoms with van der Waals surface area (Å²) in [5.41, 5.74) is 3.72. The third-order valence-electron chi connectivity index (χ3n) is 3.69. The van der Waals surface area contributed by atoms with E-state index in [2.05, 4.69) is 65.7 Å². The summed E-state index contributed by atoms with van der Waals surface area (Å²) in [5, 5.41) is 8.82. The Morgan fingerprint density at radius 3 is 2.58 bits per heavy atom. The molecule has 0 aliphatic carbocycles. The number of nitrogens with zero attached hydrogens (tertiary/aromatic N) is 1. The molecule has 2 nitrogen and oxygen atoms in total. The molecule has 0 saturated heterocycles. The van der Waals surface area contributed by atoms with E-state index in [0.717, 1.165) is 18.4 Å². The van der Waals surface area contributed by atoms with Gasteiger partial charge in [-0.2, -0.15) is 5.10 Å².